The highest BCUT2D eigenvalue weighted by Crippen LogP contribution is 2.27. The number of ether oxygens (including phenoxy) is 1. The van der Waals surface area contributed by atoms with Gasteiger partial charge in [-0.25, -0.2) is 0 Å². The van der Waals surface area contributed by atoms with Crippen molar-refractivity contribution in [2.45, 2.75) is 25.8 Å². The minimum atomic E-state index is -0.465. The molecule has 0 heterocycles. The van der Waals surface area contributed by atoms with Crippen LogP contribution in [0.3, 0.4) is 0 Å². The third-order valence-electron chi connectivity index (χ3n) is 5.00. The third-order valence-corrected chi connectivity index (χ3v) is 5.00. The summed E-state index contributed by atoms with van der Waals surface area (Å²) in [4.78, 5) is 13.2. The Bertz CT molecular complexity index is 926. The Kier molecular flexibility index (Phi) is 7.04. The highest BCUT2D eigenvalue weighted by molar-refractivity contribution is 5.96. The topological polar surface area (TPSA) is 50.4 Å². The summed E-state index contributed by atoms with van der Waals surface area (Å²) in [6.45, 7) is 4.83. The van der Waals surface area contributed by atoms with Crippen LogP contribution in [0.4, 0.5) is 5.69 Å². The molecule has 0 bridgehead atoms. The number of amides is 1. The van der Waals surface area contributed by atoms with E-state index in [1.54, 1.807) is 7.11 Å². The minimum Gasteiger partial charge on any atom is -0.495 e. The molecule has 2 N–H and O–H groups in total. The van der Waals surface area contributed by atoms with Crippen LogP contribution in [-0.4, -0.2) is 19.6 Å². The van der Waals surface area contributed by atoms with Gasteiger partial charge in [-0.3, -0.25) is 4.79 Å². The van der Waals surface area contributed by atoms with E-state index in [0.717, 1.165) is 11.1 Å². The second kappa shape index (κ2) is 9.89. The van der Waals surface area contributed by atoms with E-state index in [-0.39, 0.29) is 11.8 Å². The summed E-state index contributed by atoms with van der Waals surface area (Å²) in [6.07, 6.45) is 0. The second-order valence-corrected chi connectivity index (χ2v) is 7.26. The zero-order valence-corrected chi connectivity index (χ0v) is 17.2. The summed E-state index contributed by atoms with van der Waals surface area (Å²) >= 11 is 0. The molecule has 4 nitrogen and oxygen atoms in total. The number of hydrogen-bond acceptors (Lipinski definition) is 3. The maximum Gasteiger partial charge on any atom is 0.246 e. The van der Waals surface area contributed by atoms with Crippen molar-refractivity contribution in [1.29, 1.82) is 0 Å². The van der Waals surface area contributed by atoms with Crippen molar-refractivity contribution in [3.05, 3.63) is 95.6 Å². The Balaban J connectivity index is 1.79. The first-order valence-electron chi connectivity index (χ1n) is 9.87. The van der Waals surface area contributed by atoms with Crippen LogP contribution < -0.4 is 15.4 Å². The molecule has 29 heavy (non-hydrogen) atoms. The molecule has 0 aliphatic heterocycles. The van der Waals surface area contributed by atoms with Crippen LogP contribution in [0.15, 0.2) is 78.9 Å². The van der Waals surface area contributed by atoms with Crippen molar-refractivity contribution >= 4 is 11.6 Å². The van der Waals surface area contributed by atoms with Crippen LogP contribution in [0, 0.1) is 6.92 Å². The van der Waals surface area contributed by atoms with Gasteiger partial charge in [0.15, 0.2) is 0 Å². The van der Waals surface area contributed by atoms with Gasteiger partial charge in [0, 0.05) is 6.54 Å². The highest BCUT2D eigenvalue weighted by atomic mass is 16.5. The number of methoxy groups -OCH3 is 1. The number of nitrogens with one attached hydrogen (secondary N) is 2. The predicted molar refractivity (Wildman–Crippen MR) is 118 cm³/mol. The number of aryl methyl sites for hydroxylation is 1. The van der Waals surface area contributed by atoms with Gasteiger partial charge in [0.05, 0.1) is 12.8 Å². The molecule has 0 fully saturated rings. The Morgan fingerprint density at radius 3 is 2.17 bits per heavy atom. The molecule has 150 valence electrons. The fourth-order valence-electron chi connectivity index (χ4n) is 3.33. The Morgan fingerprint density at radius 1 is 0.931 bits per heavy atom. The molecule has 1 amide bonds. The standard InChI is InChI=1S/C25H28N2O2/c1-18-14-15-23(29-3)22(16-18)27-25(28)24(21-12-8-5-9-13-21)26-17-19(2)20-10-6-4-7-11-20/h4-16,19,24,26H,17H2,1-3H3,(H,27,28)/t19-,24+/m1/s1. The van der Waals surface area contributed by atoms with Gasteiger partial charge in [-0.05, 0) is 41.7 Å². The van der Waals surface area contributed by atoms with E-state index in [2.05, 4.69) is 29.7 Å². The monoisotopic (exact) mass is 388 g/mol. The van der Waals surface area contributed by atoms with Gasteiger partial charge in [0.25, 0.3) is 0 Å². The van der Waals surface area contributed by atoms with E-state index in [4.69, 9.17) is 4.74 Å². The number of benzene rings is 3. The van der Waals surface area contributed by atoms with Crippen molar-refractivity contribution in [2.75, 3.05) is 19.0 Å². The fourth-order valence-corrected chi connectivity index (χ4v) is 3.33. The van der Waals surface area contributed by atoms with Crippen LogP contribution in [0.2, 0.25) is 0 Å². The first-order valence-corrected chi connectivity index (χ1v) is 9.87. The summed E-state index contributed by atoms with van der Waals surface area (Å²) in [7, 11) is 1.61. The molecule has 0 unspecified atom stereocenters. The maximum absolute atomic E-state index is 13.2. The molecule has 3 aromatic rings. The van der Waals surface area contributed by atoms with E-state index < -0.39 is 6.04 Å². The summed E-state index contributed by atoms with van der Waals surface area (Å²) in [5.41, 5.74) is 3.91. The maximum atomic E-state index is 13.2. The quantitative estimate of drug-likeness (QED) is 0.566. The van der Waals surface area contributed by atoms with Crippen LogP contribution in [0.25, 0.3) is 0 Å². The lowest BCUT2D eigenvalue weighted by molar-refractivity contribution is -0.118. The van der Waals surface area contributed by atoms with Gasteiger partial charge >= 0.3 is 0 Å². The van der Waals surface area contributed by atoms with E-state index in [1.807, 2.05) is 73.7 Å². The zero-order valence-electron chi connectivity index (χ0n) is 17.2. The molecule has 2 atom stereocenters. The predicted octanol–water partition coefficient (Wildman–Crippen LogP) is 5.08. The normalized spacial score (nSPS) is 12.8. The molecule has 0 saturated heterocycles. The van der Waals surface area contributed by atoms with Crippen LogP contribution in [0.5, 0.6) is 5.75 Å². The van der Waals surface area contributed by atoms with Crippen molar-refractivity contribution in [2.24, 2.45) is 0 Å². The van der Waals surface area contributed by atoms with Gasteiger partial charge in [0.2, 0.25) is 5.91 Å². The summed E-state index contributed by atoms with van der Waals surface area (Å²) in [5.74, 6) is 0.817. The van der Waals surface area contributed by atoms with Crippen LogP contribution >= 0.6 is 0 Å². The van der Waals surface area contributed by atoms with Gasteiger partial charge in [-0.2, -0.15) is 0 Å². The van der Waals surface area contributed by atoms with Crippen molar-refractivity contribution in [3.8, 4) is 5.75 Å². The van der Waals surface area contributed by atoms with Crippen molar-refractivity contribution in [1.82, 2.24) is 5.32 Å². The molecule has 0 aliphatic rings. The SMILES string of the molecule is COc1ccc(C)cc1NC(=O)[C@@H](NC[C@@H](C)c1ccccc1)c1ccccc1. The number of rotatable bonds is 8. The Hall–Kier alpha value is -3.11. The average Bonchev–Trinajstić information content (AvgIpc) is 2.75. The minimum absolute atomic E-state index is 0.111. The van der Waals surface area contributed by atoms with Crippen molar-refractivity contribution < 1.29 is 9.53 Å². The third kappa shape index (κ3) is 5.46. The smallest absolute Gasteiger partial charge is 0.246 e. The first-order chi connectivity index (χ1) is 14.1. The molecule has 4 heteroatoms. The number of carbonyl (C=O) groups excluding carboxylic acids is 1. The van der Waals surface area contributed by atoms with E-state index in [0.29, 0.717) is 18.0 Å². The second-order valence-electron chi connectivity index (χ2n) is 7.26. The molecule has 0 spiro atoms. The summed E-state index contributed by atoms with van der Waals surface area (Å²) in [5, 5.41) is 6.49. The number of hydrogen-bond donors (Lipinski definition) is 2. The van der Waals surface area contributed by atoms with Gasteiger partial charge in [-0.15, -0.1) is 0 Å². The molecule has 0 radical (unpaired) electrons. The van der Waals surface area contributed by atoms with E-state index in [9.17, 15) is 4.79 Å². The lowest BCUT2D eigenvalue weighted by Crippen LogP contribution is -2.35. The van der Waals surface area contributed by atoms with Crippen molar-refractivity contribution in [3.63, 3.8) is 0 Å². The zero-order chi connectivity index (χ0) is 20.6. The highest BCUT2D eigenvalue weighted by Gasteiger charge is 2.22. The molecular formula is C25H28N2O2. The summed E-state index contributed by atoms with van der Waals surface area (Å²) in [6, 6.07) is 25.4. The molecule has 0 aliphatic carbocycles. The van der Waals surface area contributed by atoms with E-state index >= 15 is 0 Å². The molecule has 0 saturated carbocycles. The largest absolute Gasteiger partial charge is 0.495 e. The lowest BCUT2D eigenvalue weighted by atomic mass is 9.99. The van der Waals surface area contributed by atoms with Crippen LogP contribution in [-0.2, 0) is 4.79 Å². The first kappa shape index (κ1) is 20.6. The molecule has 0 aromatic heterocycles. The number of carbonyl (C=O) groups is 1. The molecule has 3 aromatic carbocycles. The van der Waals surface area contributed by atoms with Crippen LogP contribution in [0.1, 0.15) is 35.6 Å². The summed E-state index contributed by atoms with van der Waals surface area (Å²) < 4.78 is 5.41. The fraction of sp³-hybridized carbons (Fsp3) is 0.240. The van der Waals surface area contributed by atoms with Gasteiger partial charge < -0.3 is 15.4 Å². The Morgan fingerprint density at radius 2 is 1.55 bits per heavy atom. The Labute approximate surface area is 172 Å². The van der Waals surface area contributed by atoms with E-state index in [1.165, 1.54) is 5.56 Å². The number of anilines is 1. The molecule has 3 rings (SSSR count). The average molecular weight is 389 g/mol. The van der Waals surface area contributed by atoms with Gasteiger partial charge in [0.1, 0.15) is 11.8 Å². The van der Waals surface area contributed by atoms with Gasteiger partial charge in [-0.1, -0.05) is 73.7 Å². The lowest BCUT2D eigenvalue weighted by Gasteiger charge is -2.22. The molecular weight excluding hydrogens is 360 g/mol.